The Morgan fingerprint density at radius 1 is 0.966 bits per heavy atom. The summed E-state index contributed by atoms with van der Waals surface area (Å²) in [5.74, 6) is -1.33. The van der Waals surface area contributed by atoms with Crippen LogP contribution in [0.4, 0.5) is 0 Å². The van der Waals surface area contributed by atoms with E-state index in [1.165, 1.54) is 0 Å². The molecule has 1 N–H and O–H groups in total. The summed E-state index contributed by atoms with van der Waals surface area (Å²) >= 11 is 5.97. The molecule has 0 saturated heterocycles. The van der Waals surface area contributed by atoms with Crippen molar-refractivity contribution >= 4 is 17.6 Å². The van der Waals surface area contributed by atoms with Gasteiger partial charge in [-0.05, 0) is 30.2 Å². The van der Waals surface area contributed by atoms with Crippen LogP contribution in [0.5, 0.6) is 5.75 Å². The van der Waals surface area contributed by atoms with Crippen molar-refractivity contribution in [3.05, 3.63) is 76.3 Å². The van der Waals surface area contributed by atoms with Gasteiger partial charge < -0.3 is 9.84 Å². The molecule has 3 aromatic rings. The lowest BCUT2D eigenvalue weighted by Crippen LogP contribution is -2.10. The van der Waals surface area contributed by atoms with Crippen molar-refractivity contribution in [3.8, 4) is 40.1 Å². The Balaban J connectivity index is 2.51. The van der Waals surface area contributed by atoms with Gasteiger partial charge in [0.15, 0.2) is 0 Å². The van der Waals surface area contributed by atoms with E-state index in [2.05, 4.69) is 6.07 Å². The first kappa shape index (κ1) is 19.9. The van der Waals surface area contributed by atoms with Gasteiger partial charge in [0.1, 0.15) is 29.0 Å². The number of esters is 1. The number of rotatable bonds is 4. The normalized spacial score (nSPS) is 10.1. The van der Waals surface area contributed by atoms with Crippen molar-refractivity contribution in [2.75, 3.05) is 6.61 Å². The van der Waals surface area contributed by atoms with Crippen LogP contribution in [0.25, 0.3) is 22.3 Å². The minimum absolute atomic E-state index is 0.0786. The first-order chi connectivity index (χ1) is 14.0. The zero-order chi connectivity index (χ0) is 21.0. The van der Waals surface area contributed by atoms with Crippen LogP contribution in [0.2, 0.25) is 5.02 Å². The maximum Gasteiger partial charge on any atom is 0.342 e. The second kappa shape index (κ2) is 8.48. The number of carbonyl (C=O) groups excluding carboxylic acids is 1. The molecule has 3 aromatic carbocycles. The summed E-state index contributed by atoms with van der Waals surface area (Å²) in [6, 6.07) is 19.3. The summed E-state index contributed by atoms with van der Waals surface area (Å²) in [5, 5.41) is 31.1. The summed E-state index contributed by atoms with van der Waals surface area (Å²) in [5.41, 5.74) is 1.22. The van der Waals surface area contributed by atoms with E-state index in [1.807, 2.05) is 6.07 Å². The highest BCUT2D eigenvalue weighted by Crippen LogP contribution is 2.43. The number of halogens is 1. The SMILES string of the molecule is CCOC(=O)c1c(O)c(C#N)c(-c2ccc(Cl)cc2)c(C#N)c1-c1ccccc1. The van der Waals surface area contributed by atoms with E-state index in [0.717, 1.165) is 0 Å². The minimum Gasteiger partial charge on any atom is -0.506 e. The smallest absolute Gasteiger partial charge is 0.342 e. The van der Waals surface area contributed by atoms with Gasteiger partial charge in [0.25, 0.3) is 0 Å². The molecule has 142 valence electrons. The monoisotopic (exact) mass is 402 g/mol. The highest BCUT2D eigenvalue weighted by atomic mass is 35.5. The molecule has 0 unspecified atom stereocenters. The lowest BCUT2D eigenvalue weighted by atomic mass is 9.84. The zero-order valence-electron chi connectivity index (χ0n) is 15.4. The number of phenols is 1. The average Bonchev–Trinajstić information content (AvgIpc) is 2.74. The molecule has 0 amide bonds. The second-order valence-corrected chi connectivity index (χ2v) is 6.48. The van der Waals surface area contributed by atoms with Gasteiger partial charge in [-0.1, -0.05) is 54.1 Å². The highest BCUT2D eigenvalue weighted by Gasteiger charge is 2.30. The molecule has 0 aromatic heterocycles. The van der Waals surface area contributed by atoms with E-state index >= 15 is 0 Å². The number of nitriles is 2. The molecule has 0 saturated carbocycles. The molecule has 3 rings (SSSR count). The van der Waals surface area contributed by atoms with Gasteiger partial charge in [-0.3, -0.25) is 0 Å². The Hall–Kier alpha value is -3.80. The molecule has 0 spiro atoms. The van der Waals surface area contributed by atoms with Crippen LogP contribution in [0.3, 0.4) is 0 Å². The van der Waals surface area contributed by atoms with Crippen LogP contribution >= 0.6 is 11.6 Å². The lowest BCUT2D eigenvalue weighted by Gasteiger charge is -2.18. The number of hydrogen-bond donors (Lipinski definition) is 1. The molecule has 0 aliphatic heterocycles. The Bertz CT molecular complexity index is 1160. The van der Waals surface area contributed by atoms with Crippen molar-refractivity contribution in [1.82, 2.24) is 0 Å². The minimum atomic E-state index is -0.806. The highest BCUT2D eigenvalue weighted by molar-refractivity contribution is 6.30. The molecular formula is C23H15ClN2O3. The zero-order valence-corrected chi connectivity index (χ0v) is 16.2. The average molecular weight is 403 g/mol. The maximum atomic E-state index is 12.7. The number of phenolic OH excluding ortho intramolecular Hbond substituents is 1. The summed E-state index contributed by atoms with van der Waals surface area (Å²) in [6.07, 6.45) is 0. The Morgan fingerprint density at radius 3 is 2.10 bits per heavy atom. The Morgan fingerprint density at radius 2 is 1.55 bits per heavy atom. The van der Waals surface area contributed by atoms with E-state index in [9.17, 15) is 20.4 Å². The summed E-state index contributed by atoms with van der Waals surface area (Å²) in [6.45, 7) is 1.71. The standard InChI is InChI=1S/C23H15ClN2O3/c1-2-29-23(28)21-20(14-6-4-3-5-7-14)17(12-25)19(18(13-26)22(21)27)15-8-10-16(24)11-9-15/h3-11,27H,2H2,1H3. The van der Waals surface area contributed by atoms with Gasteiger partial charge in [0.2, 0.25) is 0 Å². The molecule has 6 heteroatoms. The fourth-order valence-electron chi connectivity index (χ4n) is 3.16. The van der Waals surface area contributed by atoms with Gasteiger partial charge in [0, 0.05) is 16.1 Å². The fraction of sp³-hybridized carbons (Fsp3) is 0.0870. The van der Waals surface area contributed by atoms with Gasteiger partial charge in [-0.15, -0.1) is 0 Å². The number of nitrogens with zero attached hydrogens (tertiary/aromatic N) is 2. The van der Waals surface area contributed by atoms with E-state index in [4.69, 9.17) is 16.3 Å². The number of benzene rings is 3. The predicted molar refractivity (Wildman–Crippen MR) is 109 cm³/mol. The van der Waals surface area contributed by atoms with Gasteiger partial charge in [0.05, 0.1) is 12.2 Å². The van der Waals surface area contributed by atoms with Crippen LogP contribution in [-0.4, -0.2) is 17.7 Å². The van der Waals surface area contributed by atoms with Gasteiger partial charge in [-0.25, -0.2) is 4.79 Å². The Kier molecular flexibility index (Phi) is 5.83. The van der Waals surface area contributed by atoms with Crippen LogP contribution < -0.4 is 0 Å². The van der Waals surface area contributed by atoms with Crippen molar-refractivity contribution in [1.29, 1.82) is 10.5 Å². The van der Waals surface area contributed by atoms with Crippen molar-refractivity contribution in [2.45, 2.75) is 6.92 Å². The third-order valence-corrected chi connectivity index (χ3v) is 4.62. The van der Waals surface area contributed by atoms with Crippen LogP contribution in [0, 0.1) is 22.7 Å². The van der Waals surface area contributed by atoms with Crippen molar-refractivity contribution in [2.24, 2.45) is 0 Å². The lowest BCUT2D eigenvalue weighted by molar-refractivity contribution is 0.0524. The second-order valence-electron chi connectivity index (χ2n) is 6.04. The third-order valence-electron chi connectivity index (χ3n) is 4.37. The maximum absolute atomic E-state index is 12.7. The number of carbonyl (C=O) groups is 1. The van der Waals surface area contributed by atoms with Crippen LogP contribution in [0.15, 0.2) is 54.6 Å². The van der Waals surface area contributed by atoms with E-state index in [-0.39, 0.29) is 34.4 Å². The third kappa shape index (κ3) is 3.65. The number of aromatic hydroxyl groups is 1. The summed E-state index contributed by atoms with van der Waals surface area (Å²) < 4.78 is 5.10. The van der Waals surface area contributed by atoms with Crippen LogP contribution in [-0.2, 0) is 4.74 Å². The molecule has 0 aliphatic rings. The summed E-state index contributed by atoms with van der Waals surface area (Å²) in [4.78, 5) is 12.7. The largest absolute Gasteiger partial charge is 0.506 e. The molecule has 0 radical (unpaired) electrons. The van der Waals surface area contributed by atoms with Crippen molar-refractivity contribution in [3.63, 3.8) is 0 Å². The molecular weight excluding hydrogens is 388 g/mol. The Labute approximate surface area is 173 Å². The van der Waals surface area contributed by atoms with Gasteiger partial charge >= 0.3 is 5.97 Å². The molecule has 0 heterocycles. The van der Waals surface area contributed by atoms with Crippen molar-refractivity contribution < 1.29 is 14.6 Å². The quantitative estimate of drug-likeness (QED) is 0.597. The van der Waals surface area contributed by atoms with E-state index < -0.39 is 11.7 Å². The van der Waals surface area contributed by atoms with E-state index in [1.54, 1.807) is 61.5 Å². The summed E-state index contributed by atoms with van der Waals surface area (Å²) in [7, 11) is 0. The fourth-order valence-corrected chi connectivity index (χ4v) is 3.28. The molecule has 0 aliphatic carbocycles. The predicted octanol–water partition coefficient (Wildman–Crippen LogP) is 5.30. The molecule has 0 atom stereocenters. The molecule has 0 fully saturated rings. The van der Waals surface area contributed by atoms with E-state index in [0.29, 0.717) is 16.1 Å². The first-order valence-electron chi connectivity index (χ1n) is 8.75. The molecule has 29 heavy (non-hydrogen) atoms. The topological polar surface area (TPSA) is 94.1 Å². The molecule has 0 bridgehead atoms. The number of ether oxygens (including phenoxy) is 1. The van der Waals surface area contributed by atoms with Gasteiger partial charge in [-0.2, -0.15) is 10.5 Å². The number of hydrogen-bond acceptors (Lipinski definition) is 5. The van der Waals surface area contributed by atoms with Crippen LogP contribution in [0.1, 0.15) is 28.4 Å². The first-order valence-corrected chi connectivity index (χ1v) is 9.12. The molecule has 5 nitrogen and oxygen atoms in total.